The molecule has 0 aromatic rings. The molecule has 0 unspecified atom stereocenters. The smallest absolute Gasteiger partial charge is 0.309 e. The van der Waals surface area contributed by atoms with Gasteiger partial charge in [-0.05, 0) is 19.3 Å². The average molecular weight is 160 g/mol. The van der Waals surface area contributed by atoms with Gasteiger partial charge in [0.2, 0.25) is 0 Å². The maximum absolute atomic E-state index is 10.5. The van der Waals surface area contributed by atoms with Crippen molar-refractivity contribution in [2.24, 2.45) is 11.8 Å². The van der Waals surface area contributed by atoms with Gasteiger partial charge in [-0.15, -0.1) is 0 Å². The Morgan fingerprint density at radius 3 is 1.91 bits per heavy atom. The third-order valence-electron chi connectivity index (χ3n) is 1.62. The highest BCUT2D eigenvalue weighted by molar-refractivity contribution is 5.70. The second-order valence-corrected chi connectivity index (χ2v) is 3.31. The molecule has 3 heteroatoms. The second kappa shape index (κ2) is 4.34. The molecule has 0 aliphatic rings. The number of carboxylic acids is 1. The van der Waals surface area contributed by atoms with Crippen molar-refractivity contribution in [3.8, 4) is 0 Å². The first-order chi connectivity index (χ1) is 4.95. The van der Waals surface area contributed by atoms with E-state index in [1.165, 1.54) is 6.92 Å². The van der Waals surface area contributed by atoms with E-state index in [1.54, 1.807) is 0 Å². The van der Waals surface area contributed by atoms with Crippen LogP contribution in [0.4, 0.5) is 0 Å². The number of hydrogen-bond acceptors (Lipinski definition) is 2. The highest BCUT2D eigenvalue weighted by Crippen LogP contribution is 2.15. The third-order valence-corrected chi connectivity index (χ3v) is 1.62. The zero-order valence-corrected chi connectivity index (χ0v) is 7.24. The molecule has 0 bridgehead atoms. The van der Waals surface area contributed by atoms with Gasteiger partial charge in [-0.2, -0.15) is 0 Å². The van der Waals surface area contributed by atoms with Crippen molar-refractivity contribution >= 4 is 5.97 Å². The molecule has 66 valence electrons. The van der Waals surface area contributed by atoms with Crippen molar-refractivity contribution < 1.29 is 15.0 Å². The highest BCUT2D eigenvalue weighted by Gasteiger charge is 2.23. The maximum Gasteiger partial charge on any atom is 0.309 e. The van der Waals surface area contributed by atoms with Crippen LogP contribution in [0.25, 0.3) is 0 Å². The molecule has 0 amide bonds. The monoisotopic (exact) mass is 160 g/mol. The van der Waals surface area contributed by atoms with E-state index < -0.39 is 18.0 Å². The summed E-state index contributed by atoms with van der Waals surface area (Å²) in [4.78, 5) is 10.5. The molecule has 11 heavy (non-hydrogen) atoms. The van der Waals surface area contributed by atoms with Crippen LogP contribution in [0.5, 0.6) is 0 Å². The minimum Gasteiger partial charge on any atom is -0.481 e. The van der Waals surface area contributed by atoms with E-state index in [9.17, 15) is 4.79 Å². The topological polar surface area (TPSA) is 57.5 Å². The Labute approximate surface area is 67.0 Å². The van der Waals surface area contributed by atoms with Crippen LogP contribution in [0.2, 0.25) is 0 Å². The number of hydrogen-bond donors (Lipinski definition) is 2. The van der Waals surface area contributed by atoms with Gasteiger partial charge in [-0.3, -0.25) is 4.79 Å². The fourth-order valence-corrected chi connectivity index (χ4v) is 1.01. The van der Waals surface area contributed by atoms with Gasteiger partial charge in [0.25, 0.3) is 0 Å². The largest absolute Gasteiger partial charge is 0.481 e. The lowest BCUT2D eigenvalue weighted by molar-refractivity contribution is -0.146. The SMILES string of the molecule is CC(C)C[C@@H](C(=O)O)[C@@H](C)O. The molecule has 0 heterocycles. The Bertz CT molecular complexity index is 129. The third kappa shape index (κ3) is 3.98. The average Bonchev–Trinajstić information content (AvgIpc) is 1.81. The lowest BCUT2D eigenvalue weighted by atomic mass is 9.93. The molecule has 0 rings (SSSR count). The summed E-state index contributed by atoms with van der Waals surface area (Å²) in [6.45, 7) is 5.40. The van der Waals surface area contributed by atoms with Crippen LogP contribution in [0.15, 0.2) is 0 Å². The minimum absolute atomic E-state index is 0.311. The van der Waals surface area contributed by atoms with Crippen LogP contribution in [-0.4, -0.2) is 22.3 Å². The number of aliphatic hydroxyl groups is 1. The molecule has 0 aliphatic carbocycles. The molecule has 2 N–H and O–H groups in total. The summed E-state index contributed by atoms with van der Waals surface area (Å²) in [7, 11) is 0. The van der Waals surface area contributed by atoms with E-state index in [-0.39, 0.29) is 0 Å². The fraction of sp³-hybridized carbons (Fsp3) is 0.875. The zero-order valence-electron chi connectivity index (χ0n) is 7.24. The van der Waals surface area contributed by atoms with E-state index in [0.717, 1.165) is 0 Å². The Morgan fingerprint density at radius 2 is 1.82 bits per heavy atom. The predicted molar refractivity (Wildman–Crippen MR) is 42.3 cm³/mol. The van der Waals surface area contributed by atoms with Crippen molar-refractivity contribution in [1.29, 1.82) is 0 Å². The first kappa shape index (κ1) is 10.4. The van der Waals surface area contributed by atoms with Crippen molar-refractivity contribution in [3.63, 3.8) is 0 Å². The van der Waals surface area contributed by atoms with Gasteiger partial charge in [0.15, 0.2) is 0 Å². The van der Waals surface area contributed by atoms with Gasteiger partial charge < -0.3 is 10.2 Å². The summed E-state index contributed by atoms with van der Waals surface area (Å²) >= 11 is 0. The summed E-state index contributed by atoms with van der Waals surface area (Å²) in [6, 6.07) is 0. The number of carboxylic acid groups (broad SMARTS) is 1. The Morgan fingerprint density at radius 1 is 1.36 bits per heavy atom. The Kier molecular flexibility index (Phi) is 4.11. The van der Waals surface area contributed by atoms with Crippen LogP contribution in [0.3, 0.4) is 0 Å². The van der Waals surface area contributed by atoms with Crippen molar-refractivity contribution in [3.05, 3.63) is 0 Å². The van der Waals surface area contributed by atoms with Gasteiger partial charge in [-0.25, -0.2) is 0 Å². The standard InChI is InChI=1S/C8H16O3/c1-5(2)4-7(6(3)9)8(10)11/h5-7,9H,4H2,1-3H3,(H,10,11)/t6-,7-/m1/s1. The van der Waals surface area contributed by atoms with Crippen LogP contribution in [0, 0.1) is 11.8 Å². The van der Waals surface area contributed by atoms with Gasteiger partial charge in [0, 0.05) is 0 Å². The molecule has 0 spiro atoms. The van der Waals surface area contributed by atoms with E-state index in [2.05, 4.69) is 0 Å². The quantitative estimate of drug-likeness (QED) is 0.647. The van der Waals surface area contributed by atoms with E-state index in [1.807, 2.05) is 13.8 Å². The molecule has 3 nitrogen and oxygen atoms in total. The first-order valence-electron chi connectivity index (χ1n) is 3.86. The van der Waals surface area contributed by atoms with Crippen LogP contribution in [-0.2, 0) is 4.79 Å². The normalized spacial score (nSPS) is 16.5. The summed E-state index contributed by atoms with van der Waals surface area (Å²) in [5.41, 5.74) is 0. The van der Waals surface area contributed by atoms with Crippen molar-refractivity contribution in [2.45, 2.75) is 33.3 Å². The first-order valence-corrected chi connectivity index (χ1v) is 3.86. The van der Waals surface area contributed by atoms with Gasteiger partial charge in [0.1, 0.15) is 0 Å². The number of aliphatic carboxylic acids is 1. The van der Waals surface area contributed by atoms with Crippen LogP contribution < -0.4 is 0 Å². The van der Waals surface area contributed by atoms with Gasteiger partial charge >= 0.3 is 5.97 Å². The summed E-state index contributed by atoms with van der Waals surface area (Å²) in [5, 5.41) is 17.7. The molecule has 0 saturated heterocycles. The summed E-state index contributed by atoms with van der Waals surface area (Å²) < 4.78 is 0. The van der Waals surface area contributed by atoms with Crippen LogP contribution in [0.1, 0.15) is 27.2 Å². The van der Waals surface area contributed by atoms with E-state index in [4.69, 9.17) is 10.2 Å². The number of aliphatic hydroxyl groups excluding tert-OH is 1. The van der Waals surface area contributed by atoms with Crippen LogP contribution >= 0.6 is 0 Å². The maximum atomic E-state index is 10.5. The number of rotatable bonds is 4. The minimum atomic E-state index is -0.909. The molecule has 0 aromatic carbocycles. The van der Waals surface area contributed by atoms with E-state index in [0.29, 0.717) is 12.3 Å². The lowest BCUT2D eigenvalue weighted by Crippen LogP contribution is -2.26. The molecule has 0 fully saturated rings. The zero-order chi connectivity index (χ0) is 9.02. The fourth-order valence-electron chi connectivity index (χ4n) is 1.01. The lowest BCUT2D eigenvalue weighted by Gasteiger charge is -2.16. The number of carbonyl (C=O) groups is 1. The molecule has 0 saturated carbocycles. The Hall–Kier alpha value is -0.570. The van der Waals surface area contributed by atoms with Crippen molar-refractivity contribution in [1.82, 2.24) is 0 Å². The van der Waals surface area contributed by atoms with E-state index >= 15 is 0 Å². The molecule has 0 radical (unpaired) electrons. The highest BCUT2D eigenvalue weighted by atomic mass is 16.4. The summed E-state index contributed by atoms with van der Waals surface area (Å²) in [5.74, 6) is -1.21. The molecular formula is C8H16O3. The van der Waals surface area contributed by atoms with Crippen molar-refractivity contribution in [2.75, 3.05) is 0 Å². The molecular weight excluding hydrogens is 144 g/mol. The molecule has 0 aliphatic heterocycles. The predicted octanol–water partition coefficient (Wildman–Crippen LogP) is 1.11. The summed E-state index contributed by atoms with van der Waals surface area (Å²) in [6.07, 6.45) is -0.220. The molecule has 0 aromatic heterocycles. The van der Waals surface area contributed by atoms with Gasteiger partial charge in [0.05, 0.1) is 12.0 Å². The Balaban J connectivity index is 4.01. The van der Waals surface area contributed by atoms with Gasteiger partial charge in [-0.1, -0.05) is 13.8 Å². The second-order valence-electron chi connectivity index (χ2n) is 3.31. The molecule has 2 atom stereocenters.